The van der Waals surface area contributed by atoms with E-state index < -0.39 is 18.5 Å². The van der Waals surface area contributed by atoms with E-state index in [1.54, 1.807) is 24.3 Å². The normalized spacial score (nSPS) is 11.2. The first-order chi connectivity index (χ1) is 14.1. The first-order valence-corrected chi connectivity index (χ1v) is 9.09. The number of rotatable bonds is 6. The highest BCUT2D eigenvalue weighted by molar-refractivity contribution is 6.31. The Labute approximate surface area is 178 Å². The molecule has 2 aromatic carbocycles. The minimum Gasteiger partial charge on any atom is -0.490 e. The molecular weight excluding hydrogens is 419 g/mol. The van der Waals surface area contributed by atoms with E-state index in [1.807, 2.05) is 19.1 Å². The van der Waals surface area contributed by atoms with Crippen molar-refractivity contribution in [2.24, 2.45) is 10.7 Å². The van der Waals surface area contributed by atoms with Crippen LogP contribution in [0.3, 0.4) is 0 Å². The Balaban J connectivity index is 0.000000424. The lowest BCUT2D eigenvalue weighted by Gasteiger charge is -2.12. The van der Waals surface area contributed by atoms with Crippen molar-refractivity contribution in [2.45, 2.75) is 26.1 Å². The summed E-state index contributed by atoms with van der Waals surface area (Å²) >= 11 is 6.03. The lowest BCUT2D eigenvalue weighted by Crippen LogP contribution is -2.12. The van der Waals surface area contributed by atoms with Crippen LogP contribution in [0.25, 0.3) is 0 Å². The van der Waals surface area contributed by atoms with Crippen LogP contribution in [0.4, 0.5) is 18.9 Å². The van der Waals surface area contributed by atoms with E-state index >= 15 is 0 Å². The summed E-state index contributed by atoms with van der Waals surface area (Å²) in [6.45, 7) is 5.35. The summed E-state index contributed by atoms with van der Waals surface area (Å²) in [5.41, 5.74) is 7.83. The van der Waals surface area contributed by atoms with Gasteiger partial charge in [0.1, 0.15) is 0 Å². The monoisotopic (exact) mass is 441 g/mol. The molecule has 0 radical (unpaired) electrons. The summed E-state index contributed by atoms with van der Waals surface area (Å²) in [6, 6.07) is 12.0. The fourth-order valence-corrected chi connectivity index (χ4v) is 2.56. The standard InChI is InChI=1S/C16H15ClF3N.C5H8N2O2/c1-11-14(17)6-3-7-15(11)21-10-13-5-2-4-12(8-13)9-16(18,19)20;1-7-5(8)4(3-6)9-2/h2-8,21H,9-10H2,1H3;3H,1,6H2,2H3/b;4-3+. The van der Waals surface area contributed by atoms with Gasteiger partial charge >= 0.3 is 12.1 Å². The number of anilines is 1. The van der Waals surface area contributed by atoms with Crippen LogP contribution in [0.2, 0.25) is 5.02 Å². The van der Waals surface area contributed by atoms with Crippen LogP contribution in [0, 0.1) is 6.92 Å². The molecular formula is C21H23ClF3N3O2. The first kappa shape index (κ1) is 25.0. The van der Waals surface area contributed by atoms with Gasteiger partial charge < -0.3 is 15.8 Å². The van der Waals surface area contributed by atoms with E-state index in [0.717, 1.165) is 23.0 Å². The lowest BCUT2D eigenvalue weighted by atomic mass is 10.1. The number of alkyl halides is 3. The molecule has 30 heavy (non-hydrogen) atoms. The minimum atomic E-state index is -4.18. The number of nitrogens with zero attached hydrogens (tertiary/aromatic N) is 1. The Hall–Kier alpha value is -3.00. The number of carbonyl (C=O) groups is 1. The highest BCUT2D eigenvalue weighted by atomic mass is 35.5. The SMILES string of the molecule is C=NC(=O)/C(=C\N)OC.Cc1c(Cl)cccc1NCc1cccc(CC(F)(F)F)c1. The number of amides is 1. The Morgan fingerprint density at radius 2 is 1.90 bits per heavy atom. The summed E-state index contributed by atoms with van der Waals surface area (Å²) in [6.07, 6.45) is -4.05. The predicted molar refractivity (Wildman–Crippen MR) is 114 cm³/mol. The molecule has 0 aliphatic rings. The summed E-state index contributed by atoms with van der Waals surface area (Å²) in [7, 11) is 1.34. The Morgan fingerprint density at radius 3 is 2.43 bits per heavy atom. The average molecular weight is 442 g/mol. The van der Waals surface area contributed by atoms with Gasteiger partial charge in [-0.3, -0.25) is 4.79 Å². The average Bonchev–Trinajstić information content (AvgIpc) is 2.69. The molecule has 162 valence electrons. The van der Waals surface area contributed by atoms with Crippen LogP contribution in [-0.2, 0) is 22.5 Å². The van der Waals surface area contributed by atoms with E-state index in [4.69, 9.17) is 17.3 Å². The Bertz CT molecular complexity index is 899. The minimum absolute atomic E-state index is 0.00463. The maximum atomic E-state index is 12.4. The largest absolute Gasteiger partial charge is 0.490 e. The predicted octanol–water partition coefficient (Wildman–Crippen LogP) is 5.03. The molecule has 2 aromatic rings. The van der Waals surface area contributed by atoms with Gasteiger partial charge in [0.05, 0.1) is 13.5 Å². The number of carbonyl (C=O) groups excluding carboxylic acids is 1. The number of aliphatic imine (C=N–C) groups is 1. The van der Waals surface area contributed by atoms with Crippen LogP contribution in [0.1, 0.15) is 16.7 Å². The van der Waals surface area contributed by atoms with Gasteiger partial charge in [-0.05, 0) is 42.5 Å². The molecule has 5 nitrogen and oxygen atoms in total. The molecule has 0 fully saturated rings. The van der Waals surface area contributed by atoms with Crippen molar-refractivity contribution in [1.82, 2.24) is 0 Å². The van der Waals surface area contributed by atoms with Gasteiger partial charge in [-0.25, -0.2) is 4.99 Å². The van der Waals surface area contributed by atoms with Gasteiger partial charge in [0.2, 0.25) is 5.76 Å². The van der Waals surface area contributed by atoms with Crippen molar-refractivity contribution in [3.05, 3.63) is 76.1 Å². The number of nitrogens with one attached hydrogen (secondary N) is 1. The molecule has 0 unspecified atom stereocenters. The van der Waals surface area contributed by atoms with Crippen molar-refractivity contribution < 1.29 is 22.7 Å². The number of ether oxygens (including phenoxy) is 1. The second kappa shape index (κ2) is 11.9. The molecule has 3 N–H and O–H groups in total. The zero-order valence-corrected chi connectivity index (χ0v) is 17.3. The van der Waals surface area contributed by atoms with E-state index in [9.17, 15) is 18.0 Å². The molecule has 9 heteroatoms. The van der Waals surface area contributed by atoms with Crippen molar-refractivity contribution >= 4 is 29.9 Å². The Morgan fingerprint density at radius 1 is 1.27 bits per heavy atom. The maximum Gasteiger partial charge on any atom is 0.393 e. The van der Waals surface area contributed by atoms with E-state index in [0.29, 0.717) is 11.6 Å². The van der Waals surface area contributed by atoms with Crippen molar-refractivity contribution in [3.8, 4) is 0 Å². The molecule has 0 heterocycles. The number of methoxy groups -OCH3 is 1. The summed E-state index contributed by atoms with van der Waals surface area (Å²) in [5.74, 6) is -0.551. The molecule has 0 saturated carbocycles. The fourth-order valence-electron chi connectivity index (χ4n) is 2.38. The second-order valence-corrected chi connectivity index (χ2v) is 6.48. The third-order valence-electron chi connectivity index (χ3n) is 3.87. The third-order valence-corrected chi connectivity index (χ3v) is 4.28. The van der Waals surface area contributed by atoms with Crippen LogP contribution in [0.15, 0.2) is 59.4 Å². The zero-order valence-electron chi connectivity index (χ0n) is 16.6. The van der Waals surface area contributed by atoms with Crippen molar-refractivity contribution in [2.75, 3.05) is 12.4 Å². The fraction of sp³-hybridized carbons (Fsp3) is 0.238. The summed E-state index contributed by atoms with van der Waals surface area (Å²) < 4.78 is 41.7. The molecule has 0 aliphatic heterocycles. The molecule has 0 atom stereocenters. The van der Waals surface area contributed by atoms with Crippen LogP contribution >= 0.6 is 11.6 Å². The highest BCUT2D eigenvalue weighted by Gasteiger charge is 2.27. The molecule has 0 bridgehead atoms. The highest BCUT2D eigenvalue weighted by Crippen LogP contribution is 2.24. The number of nitrogens with two attached hydrogens (primary N) is 1. The Kier molecular flexibility index (Phi) is 9.91. The van der Waals surface area contributed by atoms with Crippen LogP contribution in [-0.4, -0.2) is 25.9 Å². The van der Waals surface area contributed by atoms with Crippen LogP contribution in [0.5, 0.6) is 0 Å². The van der Waals surface area contributed by atoms with E-state index in [-0.39, 0.29) is 11.3 Å². The number of hydrogen-bond acceptors (Lipinski definition) is 4. The summed E-state index contributed by atoms with van der Waals surface area (Å²) in [4.78, 5) is 13.5. The lowest BCUT2D eigenvalue weighted by molar-refractivity contribution is -0.127. The van der Waals surface area contributed by atoms with E-state index in [2.05, 4.69) is 21.8 Å². The number of benzene rings is 2. The molecule has 0 aromatic heterocycles. The molecule has 2 rings (SSSR count). The van der Waals surface area contributed by atoms with Gasteiger partial charge in [0.15, 0.2) is 0 Å². The number of halogens is 4. The van der Waals surface area contributed by atoms with Crippen molar-refractivity contribution in [3.63, 3.8) is 0 Å². The molecule has 1 amide bonds. The topological polar surface area (TPSA) is 76.7 Å². The van der Waals surface area contributed by atoms with Crippen LogP contribution < -0.4 is 11.1 Å². The zero-order chi connectivity index (χ0) is 22.7. The van der Waals surface area contributed by atoms with Gasteiger partial charge in [-0.15, -0.1) is 0 Å². The van der Waals surface area contributed by atoms with E-state index in [1.165, 1.54) is 13.2 Å². The van der Waals surface area contributed by atoms with Crippen molar-refractivity contribution in [1.29, 1.82) is 0 Å². The number of hydrogen-bond donors (Lipinski definition) is 2. The molecule has 0 spiro atoms. The first-order valence-electron chi connectivity index (χ1n) is 8.71. The van der Waals surface area contributed by atoms with Gasteiger partial charge in [-0.1, -0.05) is 41.9 Å². The smallest absolute Gasteiger partial charge is 0.393 e. The van der Waals surface area contributed by atoms with Gasteiger partial charge in [0.25, 0.3) is 0 Å². The maximum absolute atomic E-state index is 12.4. The second-order valence-electron chi connectivity index (χ2n) is 6.08. The molecule has 0 aliphatic carbocycles. The quantitative estimate of drug-likeness (QED) is 0.374. The van der Waals surface area contributed by atoms with Gasteiger partial charge in [0, 0.05) is 23.5 Å². The third kappa shape index (κ3) is 8.57. The molecule has 0 saturated heterocycles. The summed E-state index contributed by atoms with van der Waals surface area (Å²) in [5, 5.41) is 3.85. The van der Waals surface area contributed by atoms with Gasteiger partial charge in [-0.2, -0.15) is 13.2 Å².